The van der Waals surface area contributed by atoms with E-state index in [2.05, 4.69) is 31.5 Å². The Morgan fingerprint density at radius 3 is 2.70 bits per heavy atom. The molecule has 0 aliphatic carbocycles. The van der Waals surface area contributed by atoms with Crippen LogP contribution < -0.4 is 10.6 Å². The Morgan fingerprint density at radius 1 is 1.40 bits per heavy atom. The van der Waals surface area contributed by atoms with E-state index in [1.165, 1.54) is 0 Å². The molecule has 0 saturated carbocycles. The molecule has 1 aromatic rings. The summed E-state index contributed by atoms with van der Waals surface area (Å²) in [6.07, 6.45) is 0. The predicted molar refractivity (Wildman–Crippen MR) is 86.3 cm³/mol. The zero-order valence-electron chi connectivity index (χ0n) is 11.7. The van der Waals surface area contributed by atoms with Gasteiger partial charge in [-0.15, -0.1) is 0 Å². The third-order valence-corrected chi connectivity index (χ3v) is 5.06. The molecule has 1 aromatic carbocycles. The largest absolute Gasteiger partial charge is 0.323 e. The molecule has 0 unspecified atom stereocenters. The smallest absolute Gasteiger partial charge is 0.244 e. The van der Waals surface area contributed by atoms with Gasteiger partial charge in [0.2, 0.25) is 5.91 Å². The van der Waals surface area contributed by atoms with Gasteiger partial charge in [-0.3, -0.25) is 9.69 Å². The molecule has 4 nitrogen and oxygen atoms in total. The van der Waals surface area contributed by atoms with E-state index < -0.39 is 5.54 Å². The molecule has 0 aromatic heterocycles. The highest BCUT2D eigenvalue weighted by Gasteiger charge is 2.35. The van der Waals surface area contributed by atoms with Gasteiger partial charge < -0.3 is 10.6 Å². The molecule has 1 saturated heterocycles. The number of carbonyl (C=O) groups is 1. The molecule has 6 heteroatoms. The van der Waals surface area contributed by atoms with Crippen LogP contribution in [0.25, 0.3) is 0 Å². The van der Waals surface area contributed by atoms with Gasteiger partial charge in [-0.25, -0.2) is 0 Å². The van der Waals surface area contributed by atoms with Gasteiger partial charge in [0.15, 0.2) is 0 Å². The van der Waals surface area contributed by atoms with Crippen molar-refractivity contribution in [2.24, 2.45) is 0 Å². The van der Waals surface area contributed by atoms with Crippen LogP contribution in [0.1, 0.15) is 13.8 Å². The lowest BCUT2D eigenvalue weighted by molar-refractivity contribution is -0.126. The number of halogens is 2. The Labute approximate surface area is 133 Å². The summed E-state index contributed by atoms with van der Waals surface area (Å²) in [5.74, 6) is -0.0256. The Balaban J connectivity index is 2.12. The average Bonchev–Trinajstić information content (AvgIpc) is 2.44. The van der Waals surface area contributed by atoms with E-state index in [9.17, 15) is 4.79 Å². The number of nitrogens with one attached hydrogen (secondary N) is 2. The van der Waals surface area contributed by atoms with Crippen LogP contribution in [-0.2, 0) is 4.79 Å². The van der Waals surface area contributed by atoms with Crippen LogP contribution >= 0.6 is 27.5 Å². The van der Waals surface area contributed by atoms with Gasteiger partial charge >= 0.3 is 0 Å². The Morgan fingerprint density at radius 2 is 2.05 bits per heavy atom. The van der Waals surface area contributed by atoms with Gasteiger partial charge in [0.05, 0.1) is 20.7 Å². The normalized spacial score (nSPS) is 17.0. The van der Waals surface area contributed by atoms with Crippen molar-refractivity contribution in [3.8, 4) is 0 Å². The summed E-state index contributed by atoms with van der Waals surface area (Å²) in [4.78, 5) is 14.8. The van der Waals surface area contributed by atoms with Crippen LogP contribution in [0, 0.1) is 0 Å². The number of hydrogen-bond acceptors (Lipinski definition) is 3. The molecular formula is C14H19BrClN3O. The second-order valence-electron chi connectivity index (χ2n) is 5.35. The number of piperazine rings is 1. The van der Waals surface area contributed by atoms with Crippen LogP contribution in [0.4, 0.5) is 5.69 Å². The predicted octanol–water partition coefficient (Wildman–Crippen LogP) is 2.72. The number of hydrogen-bond donors (Lipinski definition) is 2. The lowest BCUT2D eigenvalue weighted by Gasteiger charge is -2.39. The summed E-state index contributed by atoms with van der Waals surface area (Å²) in [5, 5.41) is 6.84. The Hall–Kier alpha value is -0.620. The summed E-state index contributed by atoms with van der Waals surface area (Å²) in [7, 11) is 0. The molecule has 1 aliphatic rings. The van der Waals surface area contributed by atoms with E-state index in [-0.39, 0.29) is 5.91 Å². The highest BCUT2D eigenvalue weighted by molar-refractivity contribution is 9.10. The lowest BCUT2D eigenvalue weighted by atomic mass is 10.0. The van der Waals surface area contributed by atoms with Crippen molar-refractivity contribution in [2.45, 2.75) is 19.4 Å². The van der Waals surface area contributed by atoms with Gasteiger partial charge in [-0.05, 0) is 41.9 Å². The maximum atomic E-state index is 12.6. The maximum absolute atomic E-state index is 12.6. The zero-order valence-corrected chi connectivity index (χ0v) is 14.0. The minimum atomic E-state index is -0.552. The topological polar surface area (TPSA) is 44.4 Å². The number of benzene rings is 1. The van der Waals surface area contributed by atoms with Crippen LogP contribution in [0.5, 0.6) is 0 Å². The fourth-order valence-corrected chi connectivity index (χ4v) is 2.78. The van der Waals surface area contributed by atoms with Crippen LogP contribution in [0.3, 0.4) is 0 Å². The SMILES string of the molecule is CC(C)(C(=O)Nc1cccc(Cl)c1Br)N1CCNCC1. The van der Waals surface area contributed by atoms with Crippen molar-refractivity contribution in [3.05, 3.63) is 27.7 Å². The first-order valence-electron chi connectivity index (χ1n) is 6.64. The summed E-state index contributed by atoms with van der Waals surface area (Å²) in [6.45, 7) is 7.47. The first-order chi connectivity index (χ1) is 9.43. The number of carbonyl (C=O) groups excluding carboxylic acids is 1. The first kappa shape index (κ1) is 15.8. The fraction of sp³-hybridized carbons (Fsp3) is 0.500. The molecule has 0 radical (unpaired) electrons. The number of rotatable bonds is 3. The number of amides is 1. The summed E-state index contributed by atoms with van der Waals surface area (Å²) >= 11 is 9.44. The van der Waals surface area contributed by atoms with Crippen LogP contribution in [0.15, 0.2) is 22.7 Å². The monoisotopic (exact) mass is 359 g/mol. The van der Waals surface area contributed by atoms with Crippen molar-refractivity contribution in [1.29, 1.82) is 0 Å². The van der Waals surface area contributed by atoms with Gasteiger partial charge in [0, 0.05) is 26.2 Å². The van der Waals surface area contributed by atoms with Crippen LogP contribution in [0.2, 0.25) is 5.02 Å². The van der Waals surface area contributed by atoms with Crippen molar-refractivity contribution >= 4 is 39.1 Å². The molecule has 0 bridgehead atoms. The Kier molecular flexibility index (Phi) is 5.07. The van der Waals surface area contributed by atoms with Crippen LogP contribution in [-0.4, -0.2) is 42.5 Å². The van der Waals surface area contributed by atoms with Gasteiger partial charge in [0.25, 0.3) is 0 Å². The molecule has 1 aliphatic heterocycles. The van der Waals surface area contributed by atoms with Crippen molar-refractivity contribution in [3.63, 3.8) is 0 Å². The minimum absolute atomic E-state index is 0.0256. The van der Waals surface area contributed by atoms with E-state index in [0.29, 0.717) is 15.2 Å². The van der Waals surface area contributed by atoms with Gasteiger partial charge in [0.1, 0.15) is 0 Å². The van der Waals surface area contributed by atoms with E-state index in [1.807, 2.05) is 26.0 Å². The lowest BCUT2D eigenvalue weighted by Crippen LogP contribution is -2.58. The van der Waals surface area contributed by atoms with E-state index in [0.717, 1.165) is 26.2 Å². The molecule has 2 N–H and O–H groups in total. The van der Waals surface area contributed by atoms with Gasteiger partial charge in [-0.2, -0.15) is 0 Å². The molecule has 20 heavy (non-hydrogen) atoms. The molecule has 1 amide bonds. The average molecular weight is 361 g/mol. The molecule has 0 spiro atoms. The third-order valence-electron chi connectivity index (χ3n) is 3.66. The maximum Gasteiger partial charge on any atom is 0.244 e. The van der Waals surface area contributed by atoms with E-state index >= 15 is 0 Å². The van der Waals surface area contributed by atoms with Crippen molar-refractivity contribution in [2.75, 3.05) is 31.5 Å². The minimum Gasteiger partial charge on any atom is -0.323 e. The number of anilines is 1. The first-order valence-corrected chi connectivity index (χ1v) is 7.81. The molecule has 0 atom stereocenters. The van der Waals surface area contributed by atoms with E-state index in [1.54, 1.807) is 6.07 Å². The molecule has 110 valence electrons. The van der Waals surface area contributed by atoms with E-state index in [4.69, 9.17) is 11.6 Å². The molecular weight excluding hydrogens is 342 g/mol. The highest BCUT2D eigenvalue weighted by Crippen LogP contribution is 2.31. The standard InChI is InChI=1S/C14H19BrClN3O/c1-14(2,19-8-6-17-7-9-19)13(20)18-11-5-3-4-10(16)12(11)15/h3-5,17H,6-9H2,1-2H3,(H,18,20). The van der Waals surface area contributed by atoms with Crippen molar-refractivity contribution < 1.29 is 4.79 Å². The highest BCUT2D eigenvalue weighted by atomic mass is 79.9. The Bertz CT molecular complexity index is 501. The quantitative estimate of drug-likeness (QED) is 0.871. The second kappa shape index (κ2) is 6.43. The molecule has 2 rings (SSSR count). The summed E-state index contributed by atoms with van der Waals surface area (Å²) in [5.41, 5.74) is 0.148. The number of nitrogens with zero attached hydrogens (tertiary/aromatic N) is 1. The zero-order chi connectivity index (χ0) is 14.8. The van der Waals surface area contributed by atoms with Crippen molar-refractivity contribution in [1.82, 2.24) is 10.2 Å². The third kappa shape index (κ3) is 3.34. The summed E-state index contributed by atoms with van der Waals surface area (Å²) in [6, 6.07) is 5.44. The molecule has 1 fully saturated rings. The second-order valence-corrected chi connectivity index (χ2v) is 6.55. The summed E-state index contributed by atoms with van der Waals surface area (Å²) < 4.78 is 0.714. The fourth-order valence-electron chi connectivity index (χ4n) is 2.24. The molecule has 1 heterocycles. The van der Waals surface area contributed by atoms with Gasteiger partial charge in [-0.1, -0.05) is 17.7 Å².